The molecule has 0 aliphatic carbocycles. The highest BCUT2D eigenvalue weighted by molar-refractivity contribution is 5.76. The van der Waals surface area contributed by atoms with Crippen LogP contribution in [0.15, 0.2) is 0 Å². The Hall–Kier alpha value is -1.34. The number of likely N-dealkylation sites (tertiary alicyclic amines) is 2. The summed E-state index contributed by atoms with van der Waals surface area (Å²) >= 11 is 0. The lowest BCUT2D eigenvalue weighted by Gasteiger charge is -2.40. The van der Waals surface area contributed by atoms with Gasteiger partial charge in [0.15, 0.2) is 0 Å². The molecule has 7 nitrogen and oxygen atoms in total. The van der Waals surface area contributed by atoms with Crippen LogP contribution in [0.4, 0.5) is 4.79 Å². The molecule has 7 heteroatoms. The molecule has 0 spiro atoms. The van der Waals surface area contributed by atoms with Gasteiger partial charge in [-0.2, -0.15) is 0 Å². The van der Waals surface area contributed by atoms with Gasteiger partial charge in [-0.05, 0) is 6.42 Å². The monoisotopic (exact) mass is 297 g/mol. The Balaban J connectivity index is 1.43. The highest BCUT2D eigenvalue weighted by atomic mass is 16.5. The smallest absolute Gasteiger partial charge is 0.320 e. The molecule has 0 bridgehead atoms. The fourth-order valence-corrected chi connectivity index (χ4v) is 3.46. The first kappa shape index (κ1) is 14.6. The molecule has 0 aromatic heterocycles. The number of carboxylic acids is 1. The lowest BCUT2D eigenvalue weighted by atomic mass is 9.97. The number of urea groups is 1. The summed E-state index contributed by atoms with van der Waals surface area (Å²) in [6, 6.07) is 0.529. The van der Waals surface area contributed by atoms with Crippen LogP contribution in [-0.2, 0) is 9.53 Å². The molecule has 3 heterocycles. The van der Waals surface area contributed by atoms with Gasteiger partial charge < -0.3 is 19.6 Å². The molecule has 2 amide bonds. The average molecular weight is 297 g/mol. The second-order valence-electron chi connectivity index (χ2n) is 6.19. The molecule has 1 N–H and O–H groups in total. The molecule has 118 valence electrons. The van der Waals surface area contributed by atoms with E-state index in [2.05, 4.69) is 4.90 Å². The van der Waals surface area contributed by atoms with Gasteiger partial charge in [-0.15, -0.1) is 0 Å². The third kappa shape index (κ3) is 3.29. The predicted octanol–water partition coefficient (Wildman–Crippen LogP) is -0.0806. The fourth-order valence-electron chi connectivity index (χ4n) is 3.46. The molecule has 21 heavy (non-hydrogen) atoms. The Bertz CT molecular complexity index is 405. The third-order valence-corrected chi connectivity index (χ3v) is 4.69. The zero-order chi connectivity index (χ0) is 14.8. The van der Waals surface area contributed by atoms with Crippen molar-refractivity contribution < 1.29 is 19.4 Å². The molecule has 0 saturated carbocycles. The molecule has 3 fully saturated rings. The molecule has 3 saturated heterocycles. The summed E-state index contributed by atoms with van der Waals surface area (Å²) < 4.78 is 5.36. The third-order valence-electron chi connectivity index (χ3n) is 4.69. The van der Waals surface area contributed by atoms with Crippen LogP contribution in [0.25, 0.3) is 0 Å². The molecule has 0 radical (unpaired) electrons. The molecule has 1 atom stereocenters. The van der Waals surface area contributed by atoms with Crippen molar-refractivity contribution in [3.8, 4) is 0 Å². The van der Waals surface area contributed by atoms with E-state index >= 15 is 0 Å². The molecule has 0 aromatic carbocycles. The van der Waals surface area contributed by atoms with Crippen LogP contribution in [0, 0.1) is 5.92 Å². The zero-order valence-corrected chi connectivity index (χ0v) is 12.2. The SMILES string of the molecule is O=C(O)CC1CN(C(=O)N2CCC(N3CCOCC3)C2)C1. The van der Waals surface area contributed by atoms with Gasteiger partial charge >= 0.3 is 12.0 Å². The van der Waals surface area contributed by atoms with Crippen LogP contribution in [0.2, 0.25) is 0 Å². The fraction of sp³-hybridized carbons (Fsp3) is 0.857. The predicted molar refractivity (Wildman–Crippen MR) is 75.1 cm³/mol. The second kappa shape index (κ2) is 6.19. The van der Waals surface area contributed by atoms with Crippen molar-refractivity contribution in [1.82, 2.24) is 14.7 Å². The summed E-state index contributed by atoms with van der Waals surface area (Å²) in [6.07, 6.45) is 1.19. The van der Waals surface area contributed by atoms with Crippen LogP contribution in [0.1, 0.15) is 12.8 Å². The van der Waals surface area contributed by atoms with E-state index in [4.69, 9.17) is 9.84 Å². The van der Waals surface area contributed by atoms with E-state index in [1.54, 1.807) is 4.90 Å². The number of ether oxygens (including phenoxy) is 1. The van der Waals surface area contributed by atoms with Gasteiger partial charge in [-0.25, -0.2) is 4.79 Å². The molecule has 3 aliphatic rings. The Morgan fingerprint density at radius 2 is 1.76 bits per heavy atom. The number of morpholine rings is 1. The van der Waals surface area contributed by atoms with E-state index in [9.17, 15) is 9.59 Å². The molecular weight excluding hydrogens is 274 g/mol. The Labute approximate surface area is 124 Å². The lowest BCUT2D eigenvalue weighted by molar-refractivity contribution is -0.139. The van der Waals surface area contributed by atoms with Crippen molar-refractivity contribution in [3.05, 3.63) is 0 Å². The number of aliphatic carboxylic acids is 1. The van der Waals surface area contributed by atoms with Gasteiger partial charge in [0, 0.05) is 51.2 Å². The van der Waals surface area contributed by atoms with E-state index < -0.39 is 5.97 Å². The van der Waals surface area contributed by atoms with Crippen LogP contribution in [-0.4, -0.2) is 90.3 Å². The van der Waals surface area contributed by atoms with Crippen molar-refractivity contribution in [1.29, 1.82) is 0 Å². The van der Waals surface area contributed by atoms with E-state index in [0.29, 0.717) is 19.1 Å². The first-order valence-corrected chi connectivity index (χ1v) is 7.71. The average Bonchev–Trinajstić information content (AvgIpc) is 2.92. The minimum absolute atomic E-state index is 0.0763. The summed E-state index contributed by atoms with van der Waals surface area (Å²) in [6.45, 7) is 6.25. The van der Waals surface area contributed by atoms with Gasteiger partial charge in [-0.3, -0.25) is 9.69 Å². The summed E-state index contributed by atoms with van der Waals surface area (Å²) in [5.74, 6) is -0.648. The van der Waals surface area contributed by atoms with E-state index in [-0.39, 0.29) is 18.4 Å². The summed E-state index contributed by atoms with van der Waals surface area (Å²) in [5.41, 5.74) is 0. The standard InChI is InChI=1S/C14H23N3O4/c18-13(19)7-11-8-17(9-11)14(20)16-2-1-12(10-16)15-3-5-21-6-4-15/h11-12H,1-10H2,(H,18,19). The molecule has 1 unspecified atom stereocenters. The number of carbonyl (C=O) groups excluding carboxylic acids is 1. The first-order chi connectivity index (χ1) is 10.1. The summed E-state index contributed by atoms with van der Waals surface area (Å²) in [5, 5.41) is 8.73. The van der Waals surface area contributed by atoms with Crippen molar-refractivity contribution in [2.24, 2.45) is 5.92 Å². The molecular formula is C14H23N3O4. The van der Waals surface area contributed by atoms with Crippen molar-refractivity contribution >= 4 is 12.0 Å². The lowest BCUT2D eigenvalue weighted by Crippen LogP contribution is -2.55. The maximum atomic E-state index is 12.3. The number of carboxylic acid groups (broad SMARTS) is 1. The van der Waals surface area contributed by atoms with Crippen LogP contribution >= 0.6 is 0 Å². The Morgan fingerprint density at radius 1 is 1.05 bits per heavy atom. The number of hydrogen-bond donors (Lipinski definition) is 1. The number of hydrogen-bond acceptors (Lipinski definition) is 4. The largest absolute Gasteiger partial charge is 0.481 e. The van der Waals surface area contributed by atoms with Crippen LogP contribution in [0.5, 0.6) is 0 Å². The maximum Gasteiger partial charge on any atom is 0.320 e. The quantitative estimate of drug-likeness (QED) is 0.789. The van der Waals surface area contributed by atoms with Crippen molar-refractivity contribution in [3.63, 3.8) is 0 Å². The second-order valence-corrected chi connectivity index (χ2v) is 6.19. The molecule has 3 rings (SSSR count). The Morgan fingerprint density at radius 3 is 2.43 bits per heavy atom. The van der Waals surface area contributed by atoms with Gasteiger partial charge in [0.25, 0.3) is 0 Å². The zero-order valence-electron chi connectivity index (χ0n) is 12.2. The molecule has 0 aromatic rings. The van der Waals surface area contributed by atoms with Crippen molar-refractivity contribution in [2.75, 3.05) is 52.5 Å². The van der Waals surface area contributed by atoms with Crippen LogP contribution in [0.3, 0.4) is 0 Å². The number of nitrogens with zero attached hydrogens (tertiary/aromatic N) is 3. The normalized spacial score (nSPS) is 27.7. The van der Waals surface area contributed by atoms with Crippen molar-refractivity contribution in [2.45, 2.75) is 18.9 Å². The highest BCUT2D eigenvalue weighted by Crippen LogP contribution is 2.24. The summed E-state index contributed by atoms with van der Waals surface area (Å²) in [7, 11) is 0. The highest BCUT2D eigenvalue weighted by Gasteiger charge is 2.38. The van der Waals surface area contributed by atoms with Gasteiger partial charge in [-0.1, -0.05) is 0 Å². The van der Waals surface area contributed by atoms with Gasteiger partial charge in [0.2, 0.25) is 0 Å². The van der Waals surface area contributed by atoms with Gasteiger partial charge in [0.05, 0.1) is 19.6 Å². The van der Waals surface area contributed by atoms with E-state index in [1.807, 2.05) is 4.90 Å². The molecule has 3 aliphatic heterocycles. The first-order valence-electron chi connectivity index (χ1n) is 7.71. The topological polar surface area (TPSA) is 73.3 Å². The minimum atomic E-state index is -0.777. The number of carbonyl (C=O) groups is 2. The minimum Gasteiger partial charge on any atom is -0.481 e. The van der Waals surface area contributed by atoms with Crippen LogP contribution < -0.4 is 0 Å². The number of rotatable bonds is 3. The van der Waals surface area contributed by atoms with Gasteiger partial charge in [0.1, 0.15) is 0 Å². The summed E-state index contributed by atoms with van der Waals surface area (Å²) in [4.78, 5) is 29.1. The van der Waals surface area contributed by atoms with E-state index in [0.717, 1.165) is 45.8 Å². The Kier molecular flexibility index (Phi) is 4.30. The maximum absolute atomic E-state index is 12.3. The number of amides is 2. The van der Waals surface area contributed by atoms with E-state index in [1.165, 1.54) is 0 Å².